The van der Waals surface area contributed by atoms with Gasteiger partial charge in [-0.05, 0) is 48.4 Å². The molecule has 50 heavy (non-hydrogen) atoms. The number of carbonyl (C=O) groups excluding carboxylic acids is 4. The molecule has 3 aliphatic rings. The molecule has 2 aromatic rings. The molecule has 12 nitrogen and oxygen atoms in total. The Morgan fingerprint density at radius 1 is 1.08 bits per heavy atom. The number of methoxy groups -OCH3 is 1. The highest BCUT2D eigenvalue weighted by Gasteiger charge is 2.54. The Labute approximate surface area is 302 Å². The molecule has 4 N–H and O–H groups in total. The Bertz CT molecular complexity index is 1580. The molecule has 2 unspecified atom stereocenters. The van der Waals surface area contributed by atoms with Crippen molar-refractivity contribution < 1.29 is 33.5 Å². The van der Waals surface area contributed by atoms with Crippen molar-refractivity contribution in [1.82, 2.24) is 26.3 Å². The van der Waals surface area contributed by atoms with Gasteiger partial charge in [-0.2, -0.15) is 0 Å². The van der Waals surface area contributed by atoms with Crippen LogP contribution in [0.5, 0.6) is 0 Å². The Hall–Kier alpha value is -3.94. The summed E-state index contributed by atoms with van der Waals surface area (Å²) in [5.41, 5.74) is 3.59. The summed E-state index contributed by atoms with van der Waals surface area (Å²) >= 11 is 3.51. The normalized spacial score (nSPS) is 21.8. The second-order valence-corrected chi connectivity index (χ2v) is 15.3. The van der Waals surface area contributed by atoms with Crippen LogP contribution in [0.4, 0.5) is 4.79 Å². The fraction of sp³-hybridized carbons (Fsp3) is 0.514. The molecule has 0 radical (unpaired) electrons. The number of hydrogen-bond acceptors (Lipinski definition) is 8. The van der Waals surface area contributed by atoms with Crippen molar-refractivity contribution in [2.45, 2.75) is 102 Å². The third-order valence-electron chi connectivity index (χ3n) is 9.16. The van der Waals surface area contributed by atoms with Crippen LogP contribution in [-0.4, -0.2) is 78.2 Å². The van der Waals surface area contributed by atoms with Crippen molar-refractivity contribution in [2.24, 2.45) is 5.41 Å². The standard InChI is InChI=1S/C37H48BrN5O7/c1-6-11-27(30(48-5)33(45)39-26-16-17-26)40-32(44)29-20-37(19-28(42-50-37)24-14-10-15-25(38)18-24)22-43(29)34(46)31(36(2,3)4)41-35(47)49-21-23-12-8-7-9-13-23/h7-10,12-15,18-19,26-27,29-31,42H,6,11,16-17,20-22H2,1-5H3,(H,39,45)(H,40,44)(H,41,47)/t27?,29-,30?,31+,37+/m0/s1. The number of ether oxygens (including phenoxy) is 2. The number of alkyl carbamates (subject to hydrolysis) is 1. The smallest absolute Gasteiger partial charge is 0.408 e. The van der Waals surface area contributed by atoms with Crippen LogP contribution in [0.3, 0.4) is 0 Å². The van der Waals surface area contributed by atoms with Gasteiger partial charge in [-0.15, -0.1) is 0 Å². The second kappa shape index (κ2) is 15.9. The van der Waals surface area contributed by atoms with E-state index >= 15 is 0 Å². The van der Waals surface area contributed by atoms with E-state index in [9.17, 15) is 19.2 Å². The maximum absolute atomic E-state index is 14.6. The SMILES string of the molecule is CCCC(NC(=O)[C@@H]1C[C@]2(C=C(c3cccc(Br)c3)NO2)CN1C(=O)[C@@H](NC(=O)OCc1ccccc1)C(C)(C)C)C(OC)C(=O)NC1CC1. The summed E-state index contributed by atoms with van der Waals surface area (Å²) in [6, 6.07) is 14.4. The molecule has 2 fully saturated rings. The summed E-state index contributed by atoms with van der Waals surface area (Å²) < 4.78 is 12.0. The number of hydroxylamine groups is 1. The molecule has 4 amide bonds. The molecule has 270 valence electrons. The molecule has 2 heterocycles. The van der Waals surface area contributed by atoms with E-state index in [0.717, 1.165) is 28.4 Å². The Balaban J connectivity index is 1.41. The highest BCUT2D eigenvalue weighted by atomic mass is 79.9. The van der Waals surface area contributed by atoms with Crippen molar-refractivity contribution in [2.75, 3.05) is 13.7 Å². The first-order valence-corrected chi connectivity index (χ1v) is 18.0. The average Bonchev–Trinajstić information content (AvgIpc) is 3.67. The lowest BCUT2D eigenvalue weighted by molar-refractivity contribution is -0.143. The summed E-state index contributed by atoms with van der Waals surface area (Å²) in [7, 11) is 1.45. The molecule has 2 aliphatic heterocycles. The molecule has 2 aromatic carbocycles. The number of hydrogen-bond donors (Lipinski definition) is 4. The van der Waals surface area contributed by atoms with Crippen LogP contribution < -0.4 is 21.4 Å². The topological polar surface area (TPSA) is 147 Å². The van der Waals surface area contributed by atoms with Gasteiger partial charge in [0.1, 0.15) is 24.3 Å². The lowest BCUT2D eigenvalue weighted by Gasteiger charge is -2.35. The number of nitrogens with zero attached hydrogens (tertiary/aromatic N) is 1. The molecule has 1 aliphatic carbocycles. The number of halogens is 1. The van der Waals surface area contributed by atoms with Crippen molar-refractivity contribution in [1.29, 1.82) is 0 Å². The molecular weight excluding hydrogens is 706 g/mol. The Morgan fingerprint density at radius 2 is 1.82 bits per heavy atom. The summed E-state index contributed by atoms with van der Waals surface area (Å²) in [5, 5.41) is 8.80. The molecule has 1 spiro atoms. The first kappa shape index (κ1) is 37.3. The Kier molecular flexibility index (Phi) is 11.9. The van der Waals surface area contributed by atoms with Crippen LogP contribution in [0.15, 0.2) is 65.1 Å². The number of nitrogens with one attached hydrogen (secondary N) is 4. The van der Waals surface area contributed by atoms with Gasteiger partial charge in [0.15, 0.2) is 6.10 Å². The van der Waals surface area contributed by atoms with Gasteiger partial charge in [-0.25, -0.2) is 4.79 Å². The predicted octanol–water partition coefficient (Wildman–Crippen LogP) is 4.58. The van der Waals surface area contributed by atoms with Crippen LogP contribution in [0.2, 0.25) is 0 Å². The van der Waals surface area contributed by atoms with Gasteiger partial charge < -0.3 is 30.3 Å². The molecule has 1 saturated carbocycles. The molecule has 0 aromatic heterocycles. The average molecular weight is 755 g/mol. The minimum atomic E-state index is -1.05. The fourth-order valence-electron chi connectivity index (χ4n) is 6.37. The summed E-state index contributed by atoms with van der Waals surface area (Å²) in [5.74, 6) is -1.18. The van der Waals surface area contributed by atoms with E-state index in [-0.39, 0.29) is 31.5 Å². The van der Waals surface area contributed by atoms with E-state index in [4.69, 9.17) is 14.3 Å². The molecular formula is C37H48BrN5O7. The molecule has 5 atom stereocenters. The lowest BCUT2D eigenvalue weighted by Crippen LogP contribution is -2.59. The van der Waals surface area contributed by atoms with Crippen molar-refractivity contribution in [3.63, 3.8) is 0 Å². The Morgan fingerprint density at radius 3 is 2.46 bits per heavy atom. The largest absolute Gasteiger partial charge is 0.445 e. The van der Waals surface area contributed by atoms with Gasteiger partial charge in [0.25, 0.3) is 5.91 Å². The van der Waals surface area contributed by atoms with E-state index < -0.39 is 53.2 Å². The van der Waals surface area contributed by atoms with Gasteiger partial charge in [-0.3, -0.25) is 24.7 Å². The zero-order valence-corrected chi connectivity index (χ0v) is 30.9. The molecule has 1 saturated heterocycles. The van der Waals surface area contributed by atoms with Crippen molar-refractivity contribution in [3.05, 3.63) is 76.3 Å². The van der Waals surface area contributed by atoms with E-state index in [1.807, 2.05) is 88.4 Å². The minimum absolute atomic E-state index is 0.0338. The monoisotopic (exact) mass is 753 g/mol. The van der Waals surface area contributed by atoms with Crippen LogP contribution in [0, 0.1) is 5.41 Å². The van der Waals surface area contributed by atoms with Gasteiger partial charge in [0, 0.05) is 29.6 Å². The zero-order valence-electron chi connectivity index (χ0n) is 29.3. The quantitative estimate of drug-likeness (QED) is 0.233. The van der Waals surface area contributed by atoms with Crippen LogP contribution in [0.25, 0.3) is 5.70 Å². The van der Waals surface area contributed by atoms with E-state index in [0.29, 0.717) is 18.5 Å². The van der Waals surface area contributed by atoms with E-state index in [1.54, 1.807) is 0 Å². The summed E-state index contributed by atoms with van der Waals surface area (Å²) in [6.07, 6.45) is 3.39. The maximum atomic E-state index is 14.6. The third kappa shape index (κ3) is 9.23. The van der Waals surface area contributed by atoms with Crippen LogP contribution in [-0.2, 0) is 35.3 Å². The second-order valence-electron chi connectivity index (χ2n) is 14.4. The third-order valence-corrected chi connectivity index (χ3v) is 9.66. The van der Waals surface area contributed by atoms with Gasteiger partial charge in [0.2, 0.25) is 11.8 Å². The lowest BCUT2D eigenvalue weighted by atomic mass is 9.85. The molecule has 13 heteroatoms. The number of rotatable bonds is 13. The minimum Gasteiger partial charge on any atom is -0.445 e. The van der Waals surface area contributed by atoms with E-state index in [2.05, 4.69) is 37.4 Å². The number of benzene rings is 2. The van der Waals surface area contributed by atoms with Gasteiger partial charge in [0.05, 0.1) is 18.3 Å². The van der Waals surface area contributed by atoms with Crippen molar-refractivity contribution >= 4 is 45.4 Å². The maximum Gasteiger partial charge on any atom is 0.408 e. The zero-order chi connectivity index (χ0) is 36.1. The molecule has 0 bridgehead atoms. The highest BCUT2D eigenvalue weighted by molar-refractivity contribution is 9.10. The first-order chi connectivity index (χ1) is 23.8. The van der Waals surface area contributed by atoms with Crippen LogP contribution in [0.1, 0.15) is 70.9 Å². The van der Waals surface area contributed by atoms with Gasteiger partial charge >= 0.3 is 6.09 Å². The van der Waals surface area contributed by atoms with Gasteiger partial charge in [-0.1, -0.05) is 92.5 Å². The molecule has 5 rings (SSSR count). The first-order valence-electron chi connectivity index (χ1n) is 17.2. The van der Waals surface area contributed by atoms with E-state index in [1.165, 1.54) is 12.0 Å². The predicted molar refractivity (Wildman–Crippen MR) is 191 cm³/mol. The summed E-state index contributed by atoms with van der Waals surface area (Å²) in [4.78, 5) is 62.7. The number of likely N-dealkylation sites (tertiary alicyclic amines) is 1. The fourth-order valence-corrected chi connectivity index (χ4v) is 6.77. The number of carbonyl (C=O) groups is 4. The highest BCUT2D eigenvalue weighted by Crippen LogP contribution is 2.39. The van der Waals surface area contributed by atoms with Crippen LogP contribution >= 0.6 is 15.9 Å². The van der Waals surface area contributed by atoms with Crippen molar-refractivity contribution in [3.8, 4) is 0 Å². The number of amides is 4. The summed E-state index contributed by atoms with van der Waals surface area (Å²) in [6.45, 7) is 7.55.